The molecule has 0 spiro atoms. The van der Waals surface area contributed by atoms with Crippen molar-refractivity contribution in [3.8, 4) is 10.4 Å². The number of aromatic nitrogens is 1. The van der Waals surface area contributed by atoms with Crippen LogP contribution in [0.1, 0.15) is 25.7 Å². The van der Waals surface area contributed by atoms with Crippen LogP contribution in [-0.4, -0.2) is 16.6 Å². The van der Waals surface area contributed by atoms with E-state index in [0.717, 1.165) is 30.7 Å². The van der Waals surface area contributed by atoms with E-state index >= 15 is 0 Å². The number of hydrogen-bond acceptors (Lipinski definition) is 5. The summed E-state index contributed by atoms with van der Waals surface area (Å²) in [6.45, 7) is 7.07. The maximum absolute atomic E-state index is 13.0. The minimum Gasteiger partial charge on any atom is -0.288 e. The molecule has 0 bridgehead atoms. The van der Waals surface area contributed by atoms with Crippen LogP contribution in [0.5, 0.6) is 0 Å². The van der Waals surface area contributed by atoms with Gasteiger partial charge in [0.25, 0.3) is 0 Å². The molecule has 0 saturated carbocycles. The number of thiophene rings is 1. The van der Waals surface area contributed by atoms with E-state index in [4.69, 9.17) is 6.57 Å². The van der Waals surface area contributed by atoms with Gasteiger partial charge < -0.3 is 0 Å². The van der Waals surface area contributed by atoms with Crippen LogP contribution >= 0.6 is 22.7 Å². The van der Waals surface area contributed by atoms with Crippen LogP contribution in [0.2, 0.25) is 0 Å². The Bertz CT molecular complexity index is 1580. The van der Waals surface area contributed by atoms with E-state index < -0.39 is 0 Å². The molecular formula is C26H12N2O2S2. The molecule has 0 fully saturated rings. The molecule has 5 aromatic rings. The van der Waals surface area contributed by atoms with Crippen molar-refractivity contribution in [3.05, 3.63) is 99.9 Å². The second kappa shape index (κ2) is 7.06. The molecule has 4 nitrogen and oxygen atoms in total. The molecule has 0 N–H and O–H groups in total. The number of rotatable bonds is 2. The topological polar surface area (TPSA) is 51.4 Å². The van der Waals surface area contributed by atoms with Crippen LogP contribution in [0.3, 0.4) is 0 Å². The highest BCUT2D eigenvalue weighted by molar-refractivity contribution is 7.29. The molecule has 1 aliphatic carbocycles. The Hall–Kier alpha value is -3.92. The van der Waals surface area contributed by atoms with Crippen LogP contribution in [0.15, 0.2) is 72.3 Å². The number of thiazole rings is 1. The largest absolute Gasteiger partial charge is 0.288 e. The fraction of sp³-hybridized carbons (Fsp3) is 0. The number of carbonyl (C=O) groups excluding carboxylic acids is 2. The average molecular weight is 449 g/mol. The van der Waals surface area contributed by atoms with E-state index in [0.29, 0.717) is 21.8 Å². The summed E-state index contributed by atoms with van der Waals surface area (Å²) in [6.07, 6.45) is 1.62. The third kappa shape index (κ3) is 2.91. The van der Waals surface area contributed by atoms with Crippen molar-refractivity contribution < 1.29 is 9.59 Å². The SMILES string of the molecule is [C-]#[N+]c1ccc(-c2cc3sc(C=C4C(=O)c5cc6ccccc6cc5C4=O)nc3s2)cc1. The molecule has 0 radical (unpaired) electrons. The van der Waals surface area contributed by atoms with E-state index in [1.807, 2.05) is 36.4 Å². The van der Waals surface area contributed by atoms with Crippen LogP contribution in [0, 0.1) is 6.57 Å². The molecule has 3 aromatic carbocycles. The smallest absolute Gasteiger partial charge is 0.197 e. The minimum absolute atomic E-state index is 0.173. The highest BCUT2D eigenvalue weighted by Crippen LogP contribution is 2.38. The summed E-state index contributed by atoms with van der Waals surface area (Å²) in [6, 6.07) is 20.9. The van der Waals surface area contributed by atoms with Crippen LogP contribution in [-0.2, 0) is 0 Å². The fourth-order valence-corrected chi connectivity index (χ4v) is 6.09. The molecule has 0 unspecified atom stereocenters. The van der Waals surface area contributed by atoms with Gasteiger partial charge in [-0.3, -0.25) is 9.59 Å². The Balaban J connectivity index is 1.36. The number of hydrogen-bond donors (Lipinski definition) is 0. The average Bonchev–Trinajstić information content (AvgIpc) is 3.45. The molecule has 2 heterocycles. The van der Waals surface area contributed by atoms with Gasteiger partial charge in [0.15, 0.2) is 17.3 Å². The number of carbonyl (C=O) groups is 2. The van der Waals surface area contributed by atoms with Crippen molar-refractivity contribution in [1.82, 2.24) is 4.98 Å². The zero-order valence-corrected chi connectivity index (χ0v) is 18.1. The first-order valence-electron chi connectivity index (χ1n) is 9.83. The van der Waals surface area contributed by atoms with Gasteiger partial charge in [-0.25, -0.2) is 9.83 Å². The molecule has 2 aromatic heterocycles. The Morgan fingerprint density at radius 3 is 2.09 bits per heavy atom. The lowest BCUT2D eigenvalue weighted by molar-refractivity contribution is 0.0990. The quantitative estimate of drug-likeness (QED) is 0.163. The standard InChI is InChI=1S/C26H12N2O2S2/c1-27-17-8-6-14(7-9-17)21-13-22-26(32-21)28-23(31-22)12-20-24(29)18-10-15-4-2-3-5-16(15)11-19(18)25(20)30/h2-13H. The van der Waals surface area contributed by atoms with Gasteiger partial charge >= 0.3 is 0 Å². The van der Waals surface area contributed by atoms with Crippen molar-refractivity contribution in [2.24, 2.45) is 0 Å². The van der Waals surface area contributed by atoms with E-state index in [1.165, 1.54) is 11.3 Å². The molecule has 6 rings (SSSR count). The first kappa shape index (κ1) is 18.8. The Morgan fingerprint density at radius 1 is 0.844 bits per heavy atom. The summed E-state index contributed by atoms with van der Waals surface area (Å²) in [4.78, 5) is 36.0. The van der Waals surface area contributed by atoms with Crippen molar-refractivity contribution >= 4 is 66.3 Å². The van der Waals surface area contributed by atoms with Crippen molar-refractivity contribution in [1.29, 1.82) is 0 Å². The highest BCUT2D eigenvalue weighted by Gasteiger charge is 2.33. The number of Topliss-reactive ketones (excluding diaryl/α,β-unsaturated/α-hetero) is 2. The summed E-state index contributed by atoms with van der Waals surface area (Å²) in [5, 5.41) is 2.54. The molecule has 6 heteroatoms. The summed E-state index contributed by atoms with van der Waals surface area (Å²) >= 11 is 3.02. The predicted octanol–water partition coefficient (Wildman–Crippen LogP) is 7.19. The Labute approximate surface area is 190 Å². The Morgan fingerprint density at radius 2 is 1.50 bits per heavy atom. The normalized spacial score (nSPS) is 13.0. The zero-order valence-electron chi connectivity index (χ0n) is 16.5. The number of allylic oxidation sites excluding steroid dienone is 1. The first-order valence-corrected chi connectivity index (χ1v) is 11.5. The van der Waals surface area contributed by atoms with E-state index in [1.54, 1.807) is 41.7 Å². The number of fused-ring (bicyclic) bond motifs is 3. The Kier molecular flexibility index (Phi) is 4.15. The molecule has 0 amide bonds. The van der Waals surface area contributed by atoms with Crippen molar-refractivity contribution in [2.75, 3.05) is 0 Å². The summed E-state index contributed by atoms with van der Waals surface area (Å²) in [5.41, 5.74) is 2.74. The number of nitrogens with zero attached hydrogens (tertiary/aromatic N) is 2. The van der Waals surface area contributed by atoms with Gasteiger partial charge in [0.2, 0.25) is 0 Å². The molecule has 150 valence electrons. The van der Waals surface area contributed by atoms with Gasteiger partial charge in [-0.1, -0.05) is 48.5 Å². The molecule has 0 atom stereocenters. The van der Waals surface area contributed by atoms with Crippen LogP contribution in [0.25, 0.3) is 41.7 Å². The molecule has 32 heavy (non-hydrogen) atoms. The van der Waals surface area contributed by atoms with Gasteiger partial charge in [0, 0.05) is 16.0 Å². The number of ketones is 2. The molecule has 0 saturated heterocycles. The van der Waals surface area contributed by atoms with Gasteiger partial charge in [-0.15, -0.1) is 22.7 Å². The van der Waals surface area contributed by atoms with Gasteiger partial charge in [0.1, 0.15) is 9.84 Å². The van der Waals surface area contributed by atoms with E-state index in [-0.39, 0.29) is 17.1 Å². The maximum Gasteiger partial charge on any atom is 0.197 e. The summed E-state index contributed by atoms with van der Waals surface area (Å²) in [7, 11) is 0. The third-order valence-electron chi connectivity index (χ3n) is 5.52. The van der Waals surface area contributed by atoms with Crippen LogP contribution in [0.4, 0.5) is 5.69 Å². The molecule has 0 aliphatic heterocycles. The fourth-order valence-electron chi connectivity index (χ4n) is 3.92. The second-order valence-corrected chi connectivity index (χ2v) is 9.54. The highest BCUT2D eigenvalue weighted by atomic mass is 32.1. The maximum atomic E-state index is 13.0. The second-order valence-electron chi connectivity index (χ2n) is 7.45. The minimum atomic E-state index is -0.241. The van der Waals surface area contributed by atoms with Gasteiger partial charge in [-0.05, 0) is 40.6 Å². The summed E-state index contributed by atoms with van der Waals surface area (Å²) in [5.74, 6) is -0.482. The van der Waals surface area contributed by atoms with E-state index in [9.17, 15) is 9.59 Å². The molecule has 1 aliphatic rings. The van der Waals surface area contributed by atoms with Crippen molar-refractivity contribution in [2.45, 2.75) is 0 Å². The zero-order chi connectivity index (χ0) is 21.8. The molecular weight excluding hydrogens is 436 g/mol. The predicted molar refractivity (Wildman–Crippen MR) is 130 cm³/mol. The van der Waals surface area contributed by atoms with Gasteiger partial charge in [-0.2, -0.15) is 0 Å². The number of benzene rings is 3. The lowest BCUT2D eigenvalue weighted by Crippen LogP contribution is -1.99. The lowest BCUT2D eigenvalue weighted by Gasteiger charge is -2.00. The van der Waals surface area contributed by atoms with Gasteiger partial charge in [0.05, 0.1) is 16.8 Å². The van der Waals surface area contributed by atoms with Crippen LogP contribution < -0.4 is 0 Å². The third-order valence-corrected chi connectivity index (χ3v) is 7.68. The first-order chi connectivity index (χ1) is 15.6. The van der Waals surface area contributed by atoms with Crippen molar-refractivity contribution in [3.63, 3.8) is 0 Å². The van der Waals surface area contributed by atoms with E-state index in [2.05, 4.69) is 15.9 Å². The summed E-state index contributed by atoms with van der Waals surface area (Å²) < 4.78 is 1.01. The lowest BCUT2D eigenvalue weighted by atomic mass is 10.0. The monoisotopic (exact) mass is 448 g/mol.